The van der Waals surface area contributed by atoms with Gasteiger partial charge in [-0.3, -0.25) is 0 Å². The lowest BCUT2D eigenvalue weighted by Crippen LogP contribution is -2.25. The fourth-order valence-electron chi connectivity index (χ4n) is 2.76. The van der Waals surface area contributed by atoms with E-state index in [1.165, 1.54) is 31.2 Å². The van der Waals surface area contributed by atoms with E-state index in [4.69, 9.17) is 0 Å². The van der Waals surface area contributed by atoms with Gasteiger partial charge in [0.1, 0.15) is 5.82 Å². The maximum Gasteiger partial charge on any atom is 0.126 e. The minimum Gasteiger partial charge on any atom is -0.313 e. The summed E-state index contributed by atoms with van der Waals surface area (Å²) in [6.45, 7) is 6.29. The van der Waals surface area contributed by atoms with Crippen molar-refractivity contribution in [2.45, 2.75) is 52.5 Å². The van der Waals surface area contributed by atoms with Crippen molar-refractivity contribution in [3.63, 3.8) is 0 Å². The minimum absolute atomic E-state index is 0.115. The summed E-state index contributed by atoms with van der Waals surface area (Å²) in [6, 6.07) is 5.82. The molecule has 1 aromatic rings. The lowest BCUT2D eigenvalue weighted by atomic mass is 9.86. The molecule has 18 heavy (non-hydrogen) atoms. The van der Waals surface area contributed by atoms with Gasteiger partial charge in [-0.1, -0.05) is 38.8 Å². The zero-order chi connectivity index (χ0) is 13.5. The fourth-order valence-corrected chi connectivity index (χ4v) is 2.76. The highest BCUT2D eigenvalue weighted by atomic mass is 19.1. The number of aryl methyl sites for hydroxylation is 1. The van der Waals surface area contributed by atoms with Gasteiger partial charge in [0.2, 0.25) is 0 Å². The van der Waals surface area contributed by atoms with Gasteiger partial charge in [0.25, 0.3) is 0 Å². The average molecular weight is 251 g/mol. The van der Waals surface area contributed by atoms with Crippen LogP contribution in [0.5, 0.6) is 0 Å². The first-order valence-corrected chi connectivity index (χ1v) is 7.07. The van der Waals surface area contributed by atoms with E-state index in [2.05, 4.69) is 19.2 Å². The molecule has 0 saturated carbocycles. The molecule has 0 aromatic heterocycles. The second-order valence-electron chi connectivity index (χ2n) is 5.11. The monoisotopic (exact) mass is 251 g/mol. The predicted molar refractivity (Wildman–Crippen MR) is 76.2 cm³/mol. The molecule has 0 aliphatic carbocycles. The number of hydrogen-bond donors (Lipinski definition) is 1. The molecule has 0 radical (unpaired) electrons. The molecule has 0 heterocycles. The fraction of sp³-hybridized carbons (Fsp3) is 0.625. The number of hydrogen-bond acceptors (Lipinski definition) is 1. The Balaban J connectivity index is 2.94. The van der Waals surface area contributed by atoms with Gasteiger partial charge in [0.15, 0.2) is 0 Å². The number of benzene rings is 1. The smallest absolute Gasteiger partial charge is 0.126 e. The summed E-state index contributed by atoms with van der Waals surface area (Å²) in [7, 11) is 2.00. The van der Waals surface area contributed by atoms with Crippen LogP contribution in [-0.4, -0.2) is 7.05 Å². The van der Waals surface area contributed by atoms with Crippen LogP contribution in [0.1, 0.15) is 56.7 Å². The maximum atomic E-state index is 13.3. The molecular weight excluding hydrogens is 225 g/mol. The number of nitrogens with one attached hydrogen (secondary N) is 1. The molecule has 0 aliphatic heterocycles. The third-order valence-electron chi connectivity index (χ3n) is 3.64. The van der Waals surface area contributed by atoms with Gasteiger partial charge < -0.3 is 5.32 Å². The van der Waals surface area contributed by atoms with Crippen LogP contribution in [0.3, 0.4) is 0 Å². The van der Waals surface area contributed by atoms with Gasteiger partial charge in [-0.25, -0.2) is 4.39 Å². The molecule has 1 atom stereocenters. The van der Waals surface area contributed by atoms with Crippen molar-refractivity contribution >= 4 is 0 Å². The SMILES string of the molecule is CCCC(CCC)C(NC)c1ccc(F)c(C)c1. The summed E-state index contributed by atoms with van der Waals surface area (Å²) in [6.07, 6.45) is 4.83. The van der Waals surface area contributed by atoms with E-state index in [9.17, 15) is 4.39 Å². The van der Waals surface area contributed by atoms with Crippen molar-refractivity contribution < 1.29 is 4.39 Å². The summed E-state index contributed by atoms with van der Waals surface area (Å²) in [5.41, 5.74) is 1.95. The summed E-state index contributed by atoms with van der Waals surface area (Å²) in [5, 5.41) is 3.41. The lowest BCUT2D eigenvalue weighted by molar-refractivity contribution is 0.330. The van der Waals surface area contributed by atoms with Gasteiger partial charge in [0, 0.05) is 6.04 Å². The van der Waals surface area contributed by atoms with Crippen molar-refractivity contribution in [3.05, 3.63) is 35.1 Å². The van der Waals surface area contributed by atoms with Crippen molar-refractivity contribution in [3.8, 4) is 0 Å². The normalized spacial score (nSPS) is 13.0. The lowest BCUT2D eigenvalue weighted by Gasteiger charge is -2.27. The minimum atomic E-state index is -0.115. The molecule has 102 valence electrons. The predicted octanol–water partition coefficient (Wildman–Crippen LogP) is 4.61. The van der Waals surface area contributed by atoms with Crippen LogP contribution in [-0.2, 0) is 0 Å². The quantitative estimate of drug-likeness (QED) is 0.746. The Bertz CT molecular complexity index is 356. The van der Waals surface area contributed by atoms with E-state index in [1.54, 1.807) is 6.07 Å². The molecule has 1 unspecified atom stereocenters. The summed E-state index contributed by atoms with van der Waals surface area (Å²) < 4.78 is 13.3. The van der Waals surface area contributed by atoms with Crippen LogP contribution >= 0.6 is 0 Å². The van der Waals surface area contributed by atoms with E-state index < -0.39 is 0 Å². The maximum absolute atomic E-state index is 13.3. The van der Waals surface area contributed by atoms with E-state index in [0.29, 0.717) is 12.0 Å². The molecule has 0 fully saturated rings. The summed E-state index contributed by atoms with van der Waals surface area (Å²) in [4.78, 5) is 0. The molecular formula is C16H26FN. The van der Waals surface area contributed by atoms with Crippen molar-refractivity contribution in [1.82, 2.24) is 5.32 Å². The Morgan fingerprint density at radius 2 is 1.78 bits per heavy atom. The van der Waals surface area contributed by atoms with Gasteiger partial charge in [-0.2, -0.15) is 0 Å². The van der Waals surface area contributed by atoms with Gasteiger partial charge in [-0.15, -0.1) is 0 Å². The molecule has 1 N–H and O–H groups in total. The first-order chi connectivity index (χ1) is 8.63. The average Bonchev–Trinajstić information content (AvgIpc) is 2.35. The first-order valence-electron chi connectivity index (χ1n) is 7.07. The van der Waals surface area contributed by atoms with Gasteiger partial charge >= 0.3 is 0 Å². The summed E-state index contributed by atoms with van der Waals surface area (Å²) in [5.74, 6) is 0.519. The topological polar surface area (TPSA) is 12.0 Å². The summed E-state index contributed by atoms with van der Waals surface area (Å²) >= 11 is 0. The Kier molecular flexibility index (Phi) is 6.34. The standard InChI is InChI=1S/C16H26FN/c1-5-7-13(8-6-2)16(18-4)14-9-10-15(17)12(3)11-14/h9-11,13,16,18H,5-8H2,1-4H3. The second kappa shape index (κ2) is 7.52. The van der Waals surface area contributed by atoms with Crippen LogP contribution in [0, 0.1) is 18.7 Å². The Labute approximate surface area is 111 Å². The molecule has 0 saturated heterocycles. The molecule has 0 aliphatic rings. The molecule has 1 rings (SSSR count). The van der Waals surface area contributed by atoms with Gasteiger partial charge in [-0.05, 0) is 49.9 Å². The van der Waals surface area contributed by atoms with Crippen LogP contribution in [0.2, 0.25) is 0 Å². The third-order valence-corrected chi connectivity index (χ3v) is 3.64. The molecule has 2 heteroatoms. The largest absolute Gasteiger partial charge is 0.313 e. The van der Waals surface area contributed by atoms with Crippen molar-refractivity contribution in [1.29, 1.82) is 0 Å². The Morgan fingerprint density at radius 3 is 2.22 bits per heavy atom. The van der Waals surface area contributed by atoms with Gasteiger partial charge in [0.05, 0.1) is 0 Å². The number of halogens is 1. The molecule has 1 nitrogen and oxygen atoms in total. The van der Waals surface area contributed by atoms with E-state index in [-0.39, 0.29) is 5.82 Å². The van der Waals surface area contributed by atoms with Crippen LogP contribution in [0.25, 0.3) is 0 Å². The van der Waals surface area contributed by atoms with Crippen LogP contribution in [0.4, 0.5) is 4.39 Å². The first kappa shape index (κ1) is 15.2. The van der Waals surface area contributed by atoms with E-state index in [0.717, 1.165) is 5.56 Å². The van der Waals surface area contributed by atoms with E-state index >= 15 is 0 Å². The highest BCUT2D eigenvalue weighted by Crippen LogP contribution is 2.30. The Hall–Kier alpha value is -0.890. The molecule has 0 bridgehead atoms. The highest BCUT2D eigenvalue weighted by Gasteiger charge is 2.20. The molecule has 0 spiro atoms. The zero-order valence-corrected chi connectivity index (χ0v) is 12.1. The van der Waals surface area contributed by atoms with E-state index in [1.807, 2.05) is 26.1 Å². The van der Waals surface area contributed by atoms with Crippen LogP contribution in [0.15, 0.2) is 18.2 Å². The zero-order valence-electron chi connectivity index (χ0n) is 12.1. The van der Waals surface area contributed by atoms with Crippen LogP contribution < -0.4 is 5.32 Å². The number of rotatable bonds is 7. The van der Waals surface area contributed by atoms with Crippen molar-refractivity contribution in [2.24, 2.45) is 5.92 Å². The molecule has 1 aromatic carbocycles. The third kappa shape index (κ3) is 3.81. The Morgan fingerprint density at radius 1 is 1.17 bits per heavy atom. The van der Waals surface area contributed by atoms with Crippen molar-refractivity contribution in [2.75, 3.05) is 7.05 Å². The second-order valence-corrected chi connectivity index (χ2v) is 5.11. The highest BCUT2D eigenvalue weighted by molar-refractivity contribution is 5.27. The molecule has 0 amide bonds.